The van der Waals surface area contributed by atoms with E-state index in [1.165, 1.54) is 17.5 Å². The molecule has 1 aliphatic heterocycles. The van der Waals surface area contributed by atoms with E-state index >= 15 is 0 Å². The van der Waals surface area contributed by atoms with Crippen molar-refractivity contribution in [1.29, 1.82) is 0 Å². The van der Waals surface area contributed by atoms with Crippen LogP contribution in [0.25, 0.3) is 0 Å². The van der Waals surface area contributed by atoms with E-state index in [0.29, 0.717) is 11.0 Å². The number of carbonyl (C=O) groups excluding carboxylic acids is 1. The van der Waals surface area contributed by atoms with Crippen LogP contribution in [0.2, 0.25) is 0 Å². The van der Waals surface area contributed by atoms with Crippen molar-refractivity contribution in [2.75, 3.05) is 5.75 Å². The van der Waals surface area contributed by atoms with Gasteiger partial charge in [0, 0.05) is 30.6 Å². The lowest BCUT2D eigenvalue weighted by molar-refractivity contribution is -0.114. The van der Waals surface area contributed by atoms with E-state index in [4.69, 9.17) is 19.2 Å². The summed E-state index contributed by atoms with van der Waals surface area (Å²) in [5, 5.41) is 0.379. The first-order valence-electron chi connectivity index (χ1n) is 6.12. The smallest absolute Gasteiger partial charge is 0.338 e. The molecule has 0 amide bonds. The van der Waals surface area contributed by atoms with Crippen LogP contribution in [0.15, 0.2) is 12.5 Å². The van der Waals surface area contributed by atoms with Gasteiger partial charge in [0.2, 0.25) is 0 Å². The van der Waals surface area contributed by atoms with E-state index in [1.807, 2.05) is 24.1 Å². The molecule has 0 radical (unpaired) electrons. The highest BCUT2D eigenvalue weighted by Gasteiger charge is 2.34. The largest absolute Gasteiger partial charge is 0.466 e. The lowest BCUT2D eigenvalue weighted by atomic mass is 9.89. The lowest BCUT2D eigenvalue weighted by Gasteiger charge is -2.15. The number of phosphoric acid groups is 1. The summed E-state index contributed by atoms with van der Waals surface area (Å²) < 4.78 is 10.9. The number of aromatic nitrogens is 2. The monoisotopic (exact) mass is 322 g/mol. The van der Waals surface area contributed by atoms with Gasteiger partial charge in [-0.25, -0.2) is 9.55 Å². The maximum atomic E-state index is 11.6. The summed E-state index contributed by atoms with van der Waals surface area (Å²) in [6.07, 6.45) is 5.67. The number of aryl methyl sites for hydroxylation is 1. The van der Waals surface area contributed by atoms with E-state index in [0.717, 1.165) is 18.6 Å². The van der Waals surface area contributed by atoms with Crippen molar-refractivity contribution in [2.45, 2.75) is 19.8 Å². The third kappa shape index (κ3) is 5.76. The van der Waals surface area contributed by atoms with Crippen LogP contribution in [0, 0.1) is 11.8 Å². The minimum Gasteiger partial charge on any atom is -0.338 e. The summed E-state index contributed by atoms with van der Waals surface area (Å²) in [5.74, 6) is 1.73. The highest BCUT2D eigenvalue weighted by Crippen LogP contribution is 2.35. The second kappa shape index (κ2) is 7.38. The summed E-state index contributed by atoms with van der Waals surface area (Å²) in [6, 6.07) is 0. The van der Waals surface area contributed by atoms with Gasteiger partial charge in [-0.2, -0.15) is 0 Å². The van der Waals surface area contributed by atoms with Gasteiger partial charge in [0.1, 0.15) is 0 Å². The Kier molecular flexibility index (Phi) is 6.42. The van der Waals surface area contributed by atoms with Crippen molar-refractivity contribution in [3.05, 3.63) is 18.2 Å². The van der Waals surface area contributed by atoms with Crippen LogP contribution in [-0.4, -0.2) is 35.1 Å². The Morgan fingerprint density at radius 2 is 2.10 bits per heavy atom. The topological polar surface area (TPSA) is 113 Å². The molecule has 20 heavy (non-hydrogen) atoms. The average Bonchev–Trinajstić information content (AvgIpc) is 2.85. The maximum absolute atomic E-state index is 11.6. The normalized spacial score (nSPS) is 22.6. The molecule has 0 unspecified atom stereocenters. The summed E-state index contributed by atoms with van der Waals surface area (Å²) in [4.78, 5) is 37.2. The molecule has 1 fully saturated rings. The van der Waals surface area contributed by atoms with Crippen LogP contribution in [0.3, 0.4) is 0 Å². The van der Waals surface area contributed by atoms with Crippen LogP contribution in [0.5, 0.6) is 0 Å². The zero-order valence-corrected chi connectivity index (χ0v) is 13.0. The number of nitrogens with zero attached hydrogens (tertiary/aromatic N) is 2. The zero-order valence-electron chi connectivity index (χ0n) is 11.3. The maximum Gasteiger partial charge on any atom is 0.466 e. The van der Waals surface area contributed by atoms with Crippen molar-refractivity contribution >= 4 is 24.7 Å². The van der Waals surface area contributed by atoms with E-state index in [2.05, 4.69) is 11.9 Å². The number of hydrogen-bond donors (Lipinski definition) is 3. The Labute approximate surface area is 121 Å². The SMILES string of the molecule is CC[C@H]1C(=O)SC[C@@H]1Cc1cncn1C.O=P(O)(O)O. The highest BCUT2D eigenvalue weighted by molar-refractivity contribution is 8.14. The second-order valence-corrected chi connectivity index (χ2v) is 6.67. The van der Waals surface area contributed by atoms with Crippen LogP contribution < -0.4 is 0 Å². The molecule has 0 saturated carbocycles. The first kappa shape index (κ1) is 17.4. The molecule has 114 valence electrons. The van der Waals surface area contributed by atoms with Crippen molar-refractivity contribution in [2.24, 2.45) is 18.9 Å². The fourth-order valence-corrected chi connectivity index (χ4v) is 3.46. The number of carbonyl (C=O) groups is 1. The van der Waals surface area contributed by atoms with Crippen molar-refractivity contribution in [3.63, 3.8) is 0 Å². The van der Waals surface area contributed by atoms with Gasteiger partial charge < -0.3 is 19.2 Å². The lowest BCUT2D eigenvalue weighted by Crippen LogP contribution is -2.18. The molecule has 1 saturated heterocycles. The van der Waals surface area contributed by atoms with E-state index in [-0.39, 0.29) is 5.92 Å². The number of thioether (sulfide) groups is 1. The summed E-state index contributed by atoms with van der Waals surface area (Å²) in [6.45, 7) is 2.10. The Balaban J connectivity index is 0.000000347. The molecular formula is C11H19N2O5PS. The van der Waals surface area contributed by atoms with Crippen molar-refractivity contribution in [3.8, 4) is 0 Å². The van der Waals surface area contributed by atoms with Crippen LogP contribution >= 0.6 is 19.6 Å². The highest BCUT2D eigenvalue weighted by atomic mass is 32.2. The second-order valence-electron chi connectivity index (χ2n) is 4.62. The van der Waals surface area contributed by atoms with Gasteiger partial charge in [-0.3, -0.25) is 4.79 Å². The molecule has 0 spiro atoms. The molecule has 1 aromatic heterocycles. The number of imidazole rings is 1. The van der Waals surface area contributed by atoms with Crippen molar-refractivity contribution < 1.29 is 24.0 Å². The van der Waals surface area contributed by atoms with Crippen LogP contribution in [0.1, 0.15) is 19.0 Å². The molecule has 1 aromatic rings. The minimum atomic E-state index is -4.64. The third-order valence-electron chi connectivity index (χ3n) is 3.14. The van der Waals surface area contributed by atoms with Crippen LogP contribution in [0.4, 0.5) is 0 Å². The van der Waals surface area contributed by atoms with Crippen molar-refractivity contribution in [1.82, 2.24) is 9.55 Å². The fourth-order valence-electron chi connectivity index (χ4n) is 2.16. The molecule has 3 N–H and O–H groups in total. The van der Waals surface area contributed by atoms with Gasteiger partial charge in [0.25, 0.3) is 0 Å². The van der Waals surface area contributed by atoms with Crippen LogP contribution in [-0.2, 0) is 22.8 Å². The molecule has 9 heteroatoms. The summed E-state index contributed by atoms with van der Waals surface area (Å²) in [7, 11) is -2.63. The molecule has 0 aromatic carbocycles. The molecule has 0 bridgehead atoms. The quantitative estimate of drug-likeness (QED) is 0.710. The predicted molar refractivity (Wildman–Crippen MR) is 75.9 cm³/mol. The van der Waals surface area contributed by atoms with E-state index in [9.17, 15) is 4.79 Å². The summed E-state index contributed by atoms with van der Waals surface area (Å²) in [5.41, 5.74) is 1.23. The Hall–Kier alpha value is -0.660. The Morgan fingerprint density at radius 1 is 1.50 bits per heavy atom. The van der Waals surface area contributed by atoms with Gasteiger partial charge >= 0.3 is 7.82 Å². The Morgan fingerprint density at radius 3 is 2.55 bits per heavy atom. The minimum absolute atomic E-state index is 0.255. The molecule has 0 aliphatic carbocycles. The predicted octanol–water partition coefficient (Wildman–Crippen LogP) is 0.950. The number of rotatable bonds is 3. The molecule has 2 atom stereocenters. The van der Waals surface area contributed by atoms with Gasteiger partial charge in [0.15, 0.2) is 5.12 Å². The van der Waals surface area contributed by atoms with Gasteiger partial charge in [-0.15, -0.1) is 0 Å². The molecular weight excluding hydrogens is 303 g/mol. The zero-order chi connectivity index (χ0) is 15.3. The number of hydrogen-bond acceptors (Lipinski definition) is 4. The summed E-state index contributed by atoms with van der Waals surface area (Å²) >= 11 is 1.50. The third-order valence-corrected chi connectivity index (χ3v) is 4.32. The van der Waals surface area contributed by atoms with E-state index in [1.54, 1.807) is 0 Å². The first-order chi connectivity index (χ1) is 9.22. The average molecular weight is 322 g/mol. The van der Waals surface area contributed by atoms with Gasteiger partial charge in [-0.05, 0) is 18.8 Å². The molecule has 2 heterocycles. The molecule has 7 nitrogen and oxygen atoms in total. The first-order valence-corrected chi connectivity index (χ1v) is 8.67. The van der Waals surface area contributed by atoms with E-state index < -0.39 is 7.82 Å². The standard InChI is InChI=1S/C11H16N2OS.H3O4P/c1-3-10-8(6-15-11(10)14)4-9-5-12-7-13(9)2;1-5(2,3)4/h5,7-8,10H,3-4,6H2,1-2H3;(H3,1,2,3,4)/t8-,10+;/m0./s1. The van der Waals surface area contributed by atoms with Gasteiger partial charge in [-0.1, -0.05) is 18.7 Å². The van der Waals surface area contributed by atoms with Gasteiger partial charge in [0.05, 0.1) is 6.33 Å². The molecule has 1 aliphatic rings. The molecule has 2 rings (SSSR count). The Bertz CT molecular complexity index is 492. The fraction of sp³-hybridized carbons (Fsp3) is 0.636.